The van der Waals surface area contributed by atoms with Gasteiger partial charge in [0.05, 0.1) is 12.7 Å². The van der Waals surface area contributed by atoms with Crippen LogP contribution in [0.5, 0.6) is 0 Å². The Kier molecular flexibility index (Phi) is 4.70. The summed E-state index contributed by atoms with van der Waals surface area (Å²) in [5.41, 5.74) is 0. The van der Waals surface area contributed by atoms with Gasteiger partial charge in [0.1, 0.15) is 0 Å². The first-order chi connectivity index (χ1) is 10.5. The number of amides is 2. The number of hydrogen-bond donors (Lipinski definition) is 1. The summed E-state index contributed by atoms with van der Waals surface area (Å²) in [7, 11) is 3.53. The Morgan fingerprint density at radius 3 is 2.95 bits per heavy atom. The SMILES string of the molecule is Cc1ccc(CN2C[C@@H]3[C@H](CNC(=O)N(C)C)CO[C@@H]3C2)s1. The molecule has 5 nitrogen and oxygen atoms in total. The molecule has 0 bridgehead atoms. The van der Waals surface area contributed by atoms with E-state index < -0.39 is 0 Å². The van der Waals surface area contributed by atoms with E-state index in [0.29, 0.717) is 24.5 Å². The van der Waals surface area contributed by atoms with Crippen LogP contribution in [0.4, 0.5) is 4.79 Å². The molecule has 2 amide bonds. The Hall–Kier alpha value is -1.11. The molecule has 1 aromatic heterocycles. The van der Waals surface area contributed by atoms with Crippen molar-refractivity contribution < 1.29 is 9.53 Å². The molecule has 6 heteroatoms. The first kappa shape index (κ1) is 15.8. The molecule has 122 valence electrons. The van der Waals surface area contributed by atoms with E-state index in [1.165, 1.54) is 9.75 Å². The second kappa shape index (κ2) is 6.56. The second-order valence-corrected chi connectivity index (χ2v) is 7.96. The van der Waals surface area contributed by atoms with Crippen molar-refractivity contribution in [1.82, 2.24) is 15.1 Å². The van der Waals surface area contributed by atoms with E-state index >= 15 is 0 Å². The number of nitrogens with one attached hydrogen (secondary N) is 1. The van der Waals surface area contributed by atoms with E-state index in [-0.39, 0.29) is 6.03 Å². The lowest BCUT2D eigenvalue weighted by Gasteiger charge is -2.20. The van der Waals surface area contributed by atoms with Gasteiger partial charge in [0.2, 0.25) is 0 Å². The van der Waals surface area contributed by atoms with E-state index in [4.69, 9.17) is 4.74 Å². The van der Waals surface area contributed by atoms with E-state index in [9.17, 15) is 4.79 Å². The fraction of sp³-hybridized carbons (Fsp3) is 0.688. The van der Waals surface area contributed by atoms with Gasteiger partial charge >= 0.3 is 6.03 Å². The van der Waals surface area contributed by atoms with Crippen molar-refractivity contribution in [2.75, 3.05) is 40.3 Å². The van der Waals surface area contributed by atoms with Gasteiger partial charge in [-0.2, -0.15) is 0 Å². The maximum absolute atomic E-state index is 11.7. The molecule has 2 saturated heterocycles. The van der Waals surface area contributed by atoms with E-state index in [2.05, 4.69) is 29.3 Å². The Morgan fingerprint density at radius 1 is 1.45 bits per heavy atom. The van der Waals surface area contributed by atoms with Crippen LogP contribution < -0.4 is 5.32 Å². The highest BCUT2D eigenvalue weighted by atomic mass is 32.1. The third kappa shape index (κ3) is 3.45. The van der Waals surface area contributed by atoms with Gasteiger partial charge in [0.15, 0.2) is 0 Å². The Bertz CT molecular complexity index is 531. The highest BCUT2D eigenvalue weighted by Crippen LogP contribution is 2.34. The topological polar surface area (TPSA) is 44.8 Å². The Balaban J connectivity index is 1.51. The summed E-state index contributed by atoms with van der Waals surface area (Å²) in [6.45, 7) is 6.74. The predicted octanol–water partition coefficient (Wildman–Crippen LogP) is 1.77. The summed E-state index contributed by atoms with van der Waals surface area (Å²) in [6.07, 6.45) is 0.335. The van der Waals surface area contributed by atoms with E-state index in [0.717, 1.165) is 26.2 Å². The fourth-order valence-corrected chi connectivity index (χ4v) is 4.32. The molecule has 22 heavy (non-hydrogen) atoms. The van der Waals surface area contributed by atoms with Crippen LogP contribution in [0.15, 0.2) is 12.1 Å². The molecule has 0 radical (unpaired) electrons. The normalized spacial score (nSPS) is 27.9. The molecule has 0 spiro atoms. The smallest absolute Gasteiger partial charge is 0.316 e. The van der Waals surface area contributed by atoms with Crippen LogP contribution in [-0.2, 0) is 11.3 Å². The van der Waals surface area contributed by atoms with Crippen molar-refractivity contribution in [3.05, 3.63) is 21.9 Å². The molecule has 0 aromatic carbocycles. The molecule has 3 heterocycles. The standard InChI is InChI=1S/C16H25N3O2S/c1-11-4-5-13(22-11)7-19-8-14-12(10-21-15(14)9-19)6-17-16(20)18(2)3/h4-5,12,14-15H,6-10H2,1-3H3,(H,17,20)/t12-,14-,15-/m1/s1. The molecule has 2 aliphatic rings. The minimum absolute atomic E-state index is 0.0210. The summed E-state index contributed by atoms with van der Waals surface area (Å²) in [5, 5.41) is 3.00. The number of thiophene rings is 1. The number of ether oxygens (including phenoxy) is 1. The van der Waals surface area contributed by atoms with Crippen molar-refractivity contribution in [3.63, 3.8) is 0 Å². The van der Waals surface area contributed by atoms with Crippen LogP contribution in [0.2, 0.25) is 0 Å². The quantitative estimate of drug-likeness (QED) is 0.918. The highest BCUT2D eigenvalue weighted by Gasteiger charge is 2.43. The number of nitrogens with zero attached hydrogens (tertiary/aromatic N) is 2. The van der Waals surface area contributed by atoms with Crippen molar-refractivity contribution >= 4 is 17.4 Å². The number of urea groups is 1. The van der Waals surface area contributed by atoms with Gasteiger partial charge < -0.3 is 15.0 Å². The van der Waals surface area contributed by atoms with Gasteiger partial charge in [0.25, 0.3) is 0 Å². The van der Waals surface area contributed by atoms with Crippen LogP contribution in [-0.4, -0.2) is 62.3 Å². The lowest BCUT2D eigenvalue weighted by atomic mass is 9.93. The third-order valence-corrected chi connectivity index (χ3v) is 5.60. The van der Waals surface area contributed by atoms with Gasteiger partial charge in [-0.15, -0.1) is 11.3 Å². The summed E-state index contributed by atoms with van der Waals surface area (Å²) in [6, 6.07) is 4.39. The van der Waals surface area contributed by atoms with Gasteiger partial charge in [-0.05, 0) is 19.1 Å². The number of fused-ring (bicyclic) bond motifs is 1. The predicted molar refractivity (Wildman–Crippen MR) is 88.1 cm³/mol. The molecule has 0 unspecified atom stereocenters. The summed E-state index contributed by atoms with van der Waals surface area (Å²) < 4.78 is 5.95. The van der Waals surface area contributed by atoms with Crippen LogP contribution in [0, 0.1) is 18.8 Å². The fourth-order valence-electron chi connectivity index (χ4n) is 3.39. The van der Waals surface area contributed by atoms with Crippen LogP contribution in [0.1, 0.15) is 9.75 Å². The average molecular weight is 323 g/mol. The molecule has 2 fully saturated rings. The van der Waals surface area contributed by atoms with Crippen molar-refractivity contribution in [3.8, 4) is 0 Å². The molecule has 0 saturated carbocycles. The van der Waals surface area contributed by atoms with Crippen molar-refractivity contribution in [1.29, 1.82) is 0 Å². The van der Waals surface area contributed by atoms with Crippen molar-refractivity contribution in [2.45, 2.75) is 19.6 Å². The largest absolute Gasteiger partial charge is 0.376 e. The third-order valence-electron chi connectivity index (χ3n) is 4.61. The van der Waals surface area contributed by atoms with Gasteiger partial charge in [0, 0.05) is 61.9 Å². The Morgan fingerprint density at radius 2 is 2.27 bits per heavy atom. The van der Waals surface area contributed by atoms with Crippen molar-refractivity contribution in [2.24, 2.45) is 11.8 Å². The number of rotatable bonds is 4. The molecule has 1 N–H and O–H groups in total. The minimum Gasteiger partial charge on any atom is -0.376 e. The Labute approximate surface area is 136 Å². The molecular formula is C16H25N3O2S. The zero-order chi connectivity index (χ0) is 15.7. The monoisotopic (exact) mass is 323 g/mol. The van der Waals surface area contributed by atoms with Crippen LogP contribution in [0.25, 0.3) is 0 Å². The molecule has 0 aliphatic carbocycles. The van der Waals surface area contributed by atoms with Gasteiger partial charge in [-0.3, -0.25) is 4.90 Å². The molecule has 3 rings (SSSR count). The van der Waals surface area contributed by atoms with Gasteiger partial charge in [-0.25, -0.2) is 4.79 Å². The number of hydrogen-bond acceptors (Lipinski definition) is 4. The summed E-state index contributed by atoms with van der Waals surface area (Å²) in [4.78, 5) is 18.5. The minimum atomic E-state index is -0.0210. The number of carbonyl (C=O) groups excluding carboxylic acids is 1. The summed E-state index contributed by atoms with van der Waals surface area (Å²) >= 11 is 1.88. The van der Waals surface area contributed by atoms with Gasteiger partial charge in [-0.1, -0.05) is 0 Å². The second-order valence-electron chi connectivity index (χ2n) is 6.58. The zero-order valence-corrected chi connectivity index (χ0v) is 14.4. The first-order valence-corrected chi connectivity index (χ1v) is 8.69. The molecular weight excluding hydrogens is 298 g/mol. The van der Waals surface area contributed by atoms with E-state index in [1.54, 1.807) is 19.0 Å². The van der Waals surface area contributed by atoms with E-state index in [1.807, 2.05) is 11.3 Å². The number of likely N-dealkylation sites (tertiary alicyclic amines) is 1. The first-order valence-electron chi connectivity index (χ1n) is 7.87. The number of aryl methyl sites for hydroxylation is 1. The molecule has 3 atom stereocenters. The van der Waals surface area contributed by atoms with Crippen LogP contribution in [0.3, 0.4) is 0 Å². The highest BCUT2D eigenvalue weighted by molar-refractivity contribution is 7.11. The average Bonchev–Trinajstić information content (AvgIpc) is 3.13. The summed E-state index contributed by atoms with van der Waals surface area (Å²) in [5.74, 6) is 0.979. The lowest BCUT2D eigenvalue weighted by molar-refractivity contribution is 0.0941. The lowest BCUT2D eigenvalue weighted by Crippen LogP contribution is -2.39. The number of carbonyl (C=O) groups is 1. The zero-order valence-electron chi connectivity index (χ0n) is 13.5. The molecule has 2 aliphatic heterocycles. The maximum atomic E-state index is 11.7. The molecule has 1 aromatic rings. The maximum Gasteiger partial charge on any atom is 0.316 e. The van der Waals surface area contributed by atoms with Crippen LogP contribution >= 0.6 is 11.3 Å².